The first kappa shape index (κ1) is 68.6. The largest absolute Gasteiger partial charge is 0.503 e. The molecule has 16 nitrogen and oxygen atoms in total. The van der Waals surface area contributed by atoms with Crippen molar-refractivity contribution in [3.05, 3.63) is 158 Å². The second-order valence-electron chi connectivity index (χ2n) is 23.3. The van der Waals surface area contributed by atoms with Crippen molar-refractivity contribution in [3.8, 4) is 40.1 Å². The molecule has 0 fully saturated rings. The molecule has 4 atom stereocenters. The molecule has 2 amide bonds. The molecule has 0 bridgehead atoms. The third-order valence-corrected chi connectivity index (χ3v) is 17.1. The number of nitrogens with zero attached hydrogens (tertiary/aromatic N) is 10. The van der Waals surface area contributed by atoms with E-state index in [1.807, 2.05) is 9.80 Å². The standard InChI is InChI=1S/C72H92N10O6/c1-10-18-30-51(14-5)47-79(48-52(15-6)31-19-11-2)67(83)57-38-28-40-59(44-57)75-77-65-62(55-34-24-22-25-35-55)61(46-73)69(85)81(71(65)87)42-43-82-70(86)64(74-9)63(56-36-26-23-27-37-56)66(72(82)88)78-76-60-41-29-39-58(45-60)68(84)80(49-53(16-7)32-20-12-3)50-54(17-8)33-21-13-4/h22-29,34-41,44-45,51-54,85-86H,10-21,30-33,42-43,47-50H2,1-8H3. The van der Waals surface area contributed by atoms with Crippen LogP contribution in [0.5, 0.6) is 11.8 Å². The summed E-state index contributed by atoms with van der Waals surface area (Å²) in [6.45, 7) is 27.3. The fourth-order valence-corrected chi connectivity index (χ4v) is 11.5. The summed E-state index contributed by atoms with van der Waals surface area (Å²) in [5.41, 5.74) is -0.785. The number of aromatic nitrogens is 2. The highest BCUT2D eigenvalue weighted by molar-refractivity contribution is 5.96. The maximum atomic E-state index is 15.0. The minimum atomic E-state index is -0.878. The predicted molar refractivity (Wildman–Crippen MR) is 353 cm³/mol. The Labute approximate surface area is 521 Å². The molecule has 2 N–H and O–H groups in total. The zero-order valence-corrected chi connectivity index (χ0v) is 53.3. The summed E-state index contributed by atoms with van der Waals surface area (Å²) in [4.78, 5) is 66.9. The van der Waals surface area contributed by atoms with Crippen LogP contribution in [-0.2, 0) is 13.1 Å². The molecule has 6 rings (SSSR count). The molecular formula is C72H92N10O6. The van der Waals surface area contributed by atoms with E-state index in [9.17, 15) is 34.7 Å². The Morgan fingerprint density at radius 1 is 0.523 bits per heavy atom. The zero-order valence-electron chi connectivity index (χ0n) is 53.3. The monoisotopic (exact) mass is 1190 g/mol. The van der Waals surface area contributed by atoms with E-state index in [1.54, 1.807) is 109 Å². The molecule has 0 saturated heterocycles. The van der Waals surface area contributed by atoms with Crippen molar-refractivity contribution < 1.29 is 19.8 Å². The van der Waals surface area contributed by atoms with Gasteiger partial charge in [-0.15, -0.1) is 10.2 Å². The quantitative estimate of drug-likeness (QED) is 0.0291. The lowest BCUT2D eigenvalue weighted by Crippen LogP contribution is -2.39. The van der Waals surface area contributed by atoms with Crippen LogP contribution in [0.1, 0.15) is 184 Å². The number of carbonyl (C=O) groups is 2. The minimum absolute atomic E-state index is 0.0114. The van der Waals surface area contributed by atoms with E-state index in [0.29, 0.717) is 72.1 Å². The highest BCUT2D eigenvalue weighted by atomic mass is 16.3. The fraction of sp³-hybridized carbons (Fsp3) is 0.472. The van der Waals surface area contributed by atoms with Crippen LogP contribution >= 0.6 is 0 Å². The number of hydrogen-bond acceptors (Lipinski definition) is 11. The second-order valence-corrected chi connectivity index (χ2v) is 23.3. The lowest BCUT2D eigenvalue weighted by molar-refractivity contribution is 0.0678. The summed E-state index contributed by atoms with van der Waals surface area (Å²) in [5, 5.41) is 52.7. The Morgan fingerprint density at radius 2 is 0.886 bits per heavy atom. The Hall–Kier alpha value is -8.50. The number of rotatable bonds is 35. The number of amides is 2. The molecule has 4 aromatic carbocycles. The van der Waals surface area contributed by atoms with Crippen LogP contribution in [-0.4, -0.2) is 67.1 Å². The first-order valence-corrected chi connectivity index (χ1v) is 32.2. The average molecular weight is 1190 g/mol. The van der Waals surface area contributed by atoms with E-state index in [1.165, 1.54) is 0 Å². The van der Waals surface area contributed by atoms with Gasteiger partial charge in [0.05, 0.1) is 17.9 Å². The number of aromatic hydroxyl groups is 2. The van der Waals surface area contributed by atoms with Crippen molar-refractivity contribution in [3.63, 3.8) is 0 Å². The van der Waals surface area contributed by atoms with Crippen molar-refractivity contribution in [2.75, 3.05) is 26.2 Å². The molecule has 16 heteroatoms. The SMILES string of the molecule is [C-]#[N+]c1c(-c2ccccc2)c(N=Nc2cccc(C(=O)N(CC(CC)CCCC)CC(CC)CCCC)c2)c(=O)n(CCn2c(O)c(C#N)c(-c3ccccc3)c(N=Nc3cccc(C(=O)N(CC(CC)CCCC)CC(CC)CCCC)c3)c2=O)c1O. The van der Waals surface area contributed by atoms with Crippen LogP contribution in [0.25, 0.3) is 27.1 Å². The Kier molecular flexibility index (Phi) is 27.6. The molecule has 0 aliphatic heterocycles. The average Bonchev–Trinajstić information content (AvgIpc) is 1.58. The van der Waals surface area contributed by atoms with Gasteiger partial charge in [0, 0.05) is 61.5 Å². The van der Waals surface area contributed by atoms with E-state index in [-0.39, 0.29) is 56.9 Å². The lowest BCUT2D eigenvalue weighted by Gasteiger charge is -2.31. The predicted octanol–water partition coefficient (Wildman–Crippen LogP) is 18.5. The molecule has 0 radical (unpaired) electrons. The van der Waals surface area contributed by atoms with Gasteiger partial charge in [-0.2, -0.15) is 15.5 Å². The Balaban J connectivity index is 1.42. The third kappa shape index (κ3) is 18.1. The van der Waals surface area contributed by atoms with Gasteiger partial charge in [-0.1, -0.05) is 205 Å². The normalized spacial score (nSPS) is 12.8. The van der Waals surface area contributed by atoms with Crippen molar-refractivity contribution >= 4 is 40.3 Å². The molecule has 0 aliphatic rings. The van der Waals surface area contributed by atoms with E-state index in [2.05, 4.69) is 86.8 Å². The Morgan fingerprint density at radius 3 is 1.24 bits per heavy atom. The van der Waals surface area contributed by atoms with Gasteiger partial charge in [-0.05, 0) is 96.9 Å². The highest BCUT2D eigenvalue weighted by Crippen LogP contribution is 2.43. The molecule has 6 aromatic rings. The summed E-state index contributed by atoms with van der Waals surface area (Å²) < 4.78 is 1.76. The number of carbonyl (C=O) groups excluding carboxylic acids is 2. The molecule has 2 aromatic heterocycles. The molecule has 2 heterocycles. The maximum Gasteiger partial charge on any atom is 0.281 e. The van der Waals surface area contributed by atoms with Gasteiger partial charge in [0.1, 0.15) is 17.3 Å². The first-order chi connectivity index (χ1) is 42.7. The molecule has 4 unspecified atom stereocenters. The summed E-state index contributed by atoms with van der Waals surface area (Å²) in [7, 11) is 0. The van der Waals surface area contributed by atoms with Crippen LogP contribution in [0.4, 0.5) is 28.4 Å². The number of nitriles is 1. The highest BCUT2D eigenvalue weighted by Gasteiger charge is 2.29. The number of hydrogen-bond donors (Lipinski definition) is 2. The number of unbranched alkanes of at least 4 members (excludes halogenated alkanes) is 4. The van der Waals surface area contributed by atoms with Gasteiger partial charge in [-0.3, -0.25) is 28.3 Å². The summed E-state index contributed by atoms with van der Waals surface area (Å²) in [6, 6.07) is 32.7. The zero-order chi connectivity index (χ0) is 63.5. The topological polar surface area (TPSA) is 203 Å². The molecule has 88 heavy (non-hydrogen) atoms. The van der Waals surface area contributed by atoms with Crippen LogP contribution in [0.3, 0.4) is 0 Å². The van der Waals surface area contributed by atoms with Crippen LogP contribution in [0, 0.1) is 41.6 Å². The van der Waals surface area contributed by atoms with E-state index in [4.69, 9.17) is 6.57 Å². The molecule has 466 valence electrons. The van der Waals surface area contributed by atoms with Crippen LogP contribution in [0.2, 0.25) is 0 Å². The fourth-order valence-electron chi connectivity index (χ4n) is 11.5. The number of pyridine rings is 2. The van der Waals surface area contributed by atoms with Gasteiger partial charge in [0.15, 0.2) is 11.6 Å². The van der Waals surface area contributed by atoms with Crippen molar-refractivity contribution in [1.82, 2.24) is 18.9 Å². The molecular weight excluding hydrogens is 1100 g/mol. The van der Waals surface area contributed by atoms with Gasteiger partial charge in [-0.25, -0.2) is 4.85 Å². The van der Waals surface area contributed by atoms with Gasteiger partial charge < -0.3 is 20.0 Å². The smallest absolute Gasteiger partial charge is 0.281 e. The van der Waals surface area contributed by atoms with Crippen LogP contribution < -0.4 is 11.1 Å². The van der Waals surface area contributed by atoms with Gasteiger partial charge in [0.25, 0.3) is 28.6 Å². The van der Waals surface area contributed by atoms with E-state index >= 15 is 0 Å². The minimum Gasteiger partial charge on any atom is -0.503 e. The van der Waals surface area contributed by atoms with Crippen molar-refractivity contribution in [2.24, 2.45) is 44.1 Å². The lowest BCUT2D eigenvalue weighted by atomic mass is 9.95. The van der Waals surface area contributed by atoms with E-state index < -0.39 is 36.0 Å². The van der Waals surface area contributed by atoms with Crippen LogP contribution in [0.15, 0.2) is 139 Å². The third-order valence-electron chi connectivity index (χ3n) is 17.1. The van der Waals surface area contributed by atoms with Gasteiger partial charge >= 0.3 is 0 Å². The maximum absolute atomic E-state index is 15.0. The Bertz CT molecular complexity index is 3240. The van der Waals surface area contributed by atoms with Crippen molar-refractivity contribution in [2.45, 2.75) is 171 Å². The summed E-state index contributed by atoms with van der Waals surface area (Å²) >= 11 is 0. The van der Waals surface area contributed by atoms with E-state index in [0.717, 1.165) is 112 Å². The molecule has 0 saturated carbocycles. The molecule has 0 spiro atoms. The summed E-state index contributed by atoms with van der Waals surface area (Å²) in [5.74, 6) is -0.302. The number of benzene rings is 4. The number of azo groups is 2. The van der Waals surface area contributed by atoms with Crippen molar-refractivity contribution in [1.29, 1.82) is 5.26 Å². The molecule has 0 aliphatic carbocycles. The first-order valence-electron chi connectivity index (χ1n) is 32.2. The summed E-state index contributed by atoms with van der Waals surface area (Å²) in [6.07, 6.45) is 16.6. The second kappa shape index (κ2) is 35.3. The van der Waals surface area contributed by atoms with Gasteiger partial charge in [0.2, 0.25) is 5.88 Å².